The molecule has 0 amide bonds. The van der Waals surface area contributed by atoms with E-state index in [9.17, 15) is 0 Å². The van der Waals surface area contributed by atoms with E-state index in [1.54, 1.807) is 11.3 Å². The van der Waals surface area contributed by atoms with E-state index in [1.807, 2.05) is 0 Å². The van der Waals surface area contributed by atoms with Crippen molar-refractivity contribution < 1.29 is 0 Å². The fraction of sp³-hybridized carbons (Fsp3) is 0.308. The fourth-order valence-electron chi connectivity index (χ4n) is 2.00. The van der Waals surface area contributed by atoms with Gasteiger partial charge in [0.25, 0.3) is 0 Å². The molecule has 1 aromatic heterocycles. The molecule has 17 heavy (non-hydrogen) atoms. The number of thiazole rings is 1. The summed E-state index contributed by atoms with van der Waals surface area (Å²) < 4.78 is 2.36. The quantitative estimate of drug-likeness (QED) is 0.797. The van der Waals surface area contributed by atoms with Crippen LogP contribution in [0, 0.1) is 0 Å². The van der Waals surface area contributed by atoms with Crippen molar-refractivity contribution in [2.45, 2.75) is 6.42 Å². The molecule has 3 rings (SSSR count). The highest BCUT2D eigenvalue weighted by atomic mass is 79.9. The normalized spacial score (nSPS) is 17.4. The van der Waals surface area contributed by atoms with Crippen LogP contribution in [0.25, 0.3) is 15.8 Å². The van der Waals surface area contributed by atoms with Crippen molar-refractivity contribution in [3.8, 4) is 0 Å². The SMILES string of the molecule is CN1CC=C(c2nc3cc(Br)ccc3s2)CC1. The lowest BCUT2D eigenvalue weighted by atomic mass is 10.1. The zero-order valence-electron chi connectivity index (χ0n) is 9.61. The van der Waals surface area contributed by atoms with Crippen LogP contribution in [0.4, 0.5) is 0 Å². The first-order valence-electron chi connectivity index (χ1n) is 5.66. The standard InChI is InChI=1S/C13H13BrN2S/c1-16-6-4-9(5-7-16)13-15-11-8-10(14)2-3-12(11)17-13/h2-4,8H,5-7H2,1H3. The van der Waals surface area contributed by atoms with Crippen molar-refractivity contribution in [3.05, 3.63) is 33.8 Å². The second-order valence-corrected chi connectivity index (χ2v) is 6.32. The monoisotopic (exact) mass is 308 g/mol. The van der Waals surface area contributed by atoms with Gasteiger partial charge >= 0.3 is 0 Å². The van der Waals surface area contributed by atoms with Crippen LogP contribution in [-0.4, -0.2) is 30.0 Å². The molecular formula is C13H13BrN2S. The van der Waals surface area contributed by atoms with Gasteiger partial charge in [-0.1, -0.05) is 22.0 Å². The molecule has 0 unspecified atom stereocenters. The van der Waals surface area contributed by atoms with Crippen molar-refractivity contribution >= 4 is 43.1 Å². The van der Waals surface area contributed by atoms with Crippen molar-refractivity contribution in [1.82, 2.24) is 9.88 Å². The Labute approximate surface area is 113 Å². The molecule has 1 aliphatic rings. The summed E-state index contributed by atoms with van der Waals surface area (Å²) in [6.07, 6.45) is 3.41. The minimum absolute atomic E-state index is 1.04. The summed E-state index contributed by atoms with van der Waals surface area (Å²) in [6, 6.07) is 6.30. The Kier molecular flexibility index (Phi) is 3.03. The van der Waals surface area contributed by atoms with Crippen LogP contribution in [0.1, 0.15) is 11.4 Å². The van der Waals surface area contributed by atoms with Crippen LogP contribution in [0.3, 0.4) is 0 Å². The predicted octanol–water partition coefficient (Wildman–Crippen LogP) is 3.78. The fourth-order valence-corrected chi connectivity index (χ4v) is 3.37. The highest BCUT2D eigenvalue weighted by Crippen LogP contribution is 2.31. The average Bonchev–Trinajstić information content (AvgIpc) is 2.72. The molecule has 0 atom stereocenters. The molecule has 2 heterocycles. The number of hydrogen-bond acceptors (Lipinski definition) is 3. The molecule has 2 nitrogen and oxygen atoms in total. The number of likely N-dealkylation sites (N-methyl/N-ethyl adjacent to an activating group) is 1. The van der Waals surface area contributed by atoms with Gasteiger partial charge in [-0.25, -0.2) is 4.98 Å². The highest BCUT2D eigenvalue weighted by molar-refractivity contribution is 9.10. The Morgan fingerprint density at radius 3 is 3.06 bits per heavy atom. The predicted molar refractivity (Wildman–Crippen MR) is 77.4 cm³/mol. The summed E-state index contributed by atoms with van der Waals surface area (Å²) in [7, 11) is 2.16. The molecule has 0 aliphatic carbocycles. The van der Waals surface area contributed by atoms with Gasteiger partial charge in [0.05, 0.1) is 10.2 Å². The number of halogens is 1. The first-order chi connectivity index (χ1) is 8.22. The summed E-state index contributed by atoms with van der Waals surface area (Å²) in [4.78, 5) is 7.05. The van der Waals surface area contributed by atoms with Crippen LogP contribution in [0.2, 0.25) is 0 Å². The summed E-state index contributed by atoms with van der Waals surface area (Å²) >= 11 is 5.28. The van der Waals surface area contributed by atoms with Crippen LogP contribution in [0.15, 0.2) is 28.7 Å². The third kappa shape index (κ3) is 2.30. The first kappa shape index (κ1) is 11.4. The number of aromatic nitrogens is 1. The second-order valence-electron chi connectivity index (χ2n) is 4.37. The van der Waals surface area contributed by atoms with Crippen LogP contribution >= 0.6 is 27.3 Å². The van der Waals surface area contributed by atoms with Gasteiger partial charge < -0.3 is 4.90 Å². The van der Waals surface area contributed by atoms with E-state index in [2.05, 4.69) is 52.2 Å². The van der Waals surface area contributed by atoms with E-state index >= 15 is 0 Å². The highest BCUT2D eigenvalue weighted by Gasteiger charge is 2.13. The van der Waals surface area contributed by atoms with E-state index < -0.39 is 0 Å². The molecule has 0 N–H and O–H groups in total. The van der Waals surface area contributed by atoms with Gasteiger partial charge in [0, 0.05) is 17.6 Å². The Morgan fingerprint density at radius 2 is 2.29 bits per heavy atom. The van der Waals surface area contributed by atoms with Crippen molar-refractivity contribution in [1.29, 1.82) is 0 Å². The zero-order valence-corrected chi connectivity index (χ0v) is 12.0. The average molecular weight is 309 g/mol. The summed E-state index contributed by atoms with van der Waals surface area (Å²) in [5.74, 6) is 0. The smallest absolute Gasteiger partial charge is 0.120 e. The Hall–Kier alpha value is -0.710. The molecular weight excluding hydrogens is 296 g/mol. The van der Waals surface area contributed by atoms with E-state index in [1.165, 1.54) is 15.3 Å². The Balaban J connectivity index is 2.01. The molecule has 0 fully saturated rings. The van der Waals surface area contributed by atoms with Gasteiger partial charge in [0.1, 0.15) is 5.01 Å². The third-order valence-electron chi connectivity index (χ3n) is 3.04. The van der Waals surface area contributed by atoms with Gasteiger partial charge in [-0.15, -0.1) is 11.3 Å². The number of benzene rings is 1. The van der Waals surface area contributed by atoms with Gasteiger partial charge in [0.2, 0.25) is 0 Å². The zero-order chi connectivity index (χ0) is 11.8. The van der Waals surface area contributed by atoms with Gasteiger partial charge in [0.15, 0.2) is 0 Å². The lowest BCUT2D eigenvalue weighted by molar-refractivity contribution is 0.370. The molecule has 1 aliphatic heterocycles. The Morgan fingerprint density at radius 1 is 1.41 bits per heavy atom. The number of fused-ring (bicyclic) bond motifs is 1. The number of rotatable bonds is 1. The van der Waals surface area contributed by atoms with Crippen molar-refractivity contribution in [2.75, 3.05) is 20.1 Å². The van der Waals surface area contributed by atoms with Crippen molar-refractivity contribution in [2.24, 2.45) is 0 Å². The first-order valence-corrected chi connectivity index (χ1v) is 7.27. The minimum Gasteiger partial charge on any atom is -0.302 e. The molecule has 1 aromatic carbocycles. The third-order valence-corrected chi connectivity index (χ3v) is 4.64. The summed E-state index contributed by atoms with van der Waals surface area (Å²) in [5.41, 5.74) is 2.50. The maximum absolute atomic E-state index is 4.72. The largest absolute Gasteiger partial charge is 0.302 e. The molecule has 0 saturated heterocycles. The Bertz CT molecular complexity index is 588. The van der Waals surface area contributed by atoms with Crippen LogP contribution in [0.5, 0.6) is 0 Å². The molecule has 0 saturated carbocycles. The van der Waals surface area contributed by atoms with Gasteiger partial charge in [-0.05, 0) is 37.2 Å². The second kappa shape index (κ2) is 4.52. The van der Waals surface area contributed by atoms with Gasteiger partial charge in [-0.2, -0.15) is 0 Å². The van der Waals surface area contributed by atoms with Gasteiger partial charge in [-0.3, -0.25) is 0 Å². The minimum atomic E-state index is 1.04. The van der Waals surface area contributed by atoms with Crippen LogP contribution in [-0.2, 0) is 0 Å². The lowest BCUT2D eigenvalue weighted by Gasteiger charge is -2.20. The van der Waals surface area contributed by atoms with E-state index in [-0.39, 0.29) is 0 Å². The maximum atomic E-state index is 4.72. The number of hydrogen-bond donors (Lipinski definition) is 0. The van der Waals surface area contributed by atoms with E-state index in [0.29, 0.717) is 0 Å². The molecule has 0 radical (unpaired) electrons. The molecule has 0 bridgehead atoms. The molecule has 2 aromatic rings. The lowest BCUT2D eigenvalue weighted by Crippen LogP contribution is -2.23. The number of nitrogens with zero attached hydrogens (tertiary/aromatic N) is 2. The molecule has 88 valence electrons. The maximum Gasteiger partial charge on any atom is 0.120 e. The van der Waals surface area contributed by atoms with Crippen LogP contribution < -0.4 is 0 Å². The summed E-state index contributed by atoms with van der Waals surface area (Å²) in [6.45, 7) is 2.17. The molecule has 4 heteroatoms. The summed E-state index contributed by atoms with van der Waals surface area (Å²) in [5, 5.41) is 1.19. The van der Waals surface area contributed by atoms with E-state index in [0.717, 1.165) is 29.5 Å². The molecule has 0 spiro atoms. The van der Waals surface area contributed by atoms with Crippen molar-refractivity contribution in [3.63, 3.8) is 0 Å². The topological polar surface area (TPSA) is 16.1 Å². The van der Waals surface area contributed by atoms with E-state index in [4.69, 9.17) is 4.98 Å².